The van der Waals surface area contributed by atoms with Crippen LogP contribution in [-0.2, 0) is 0 Å². The molecule has 0 unspecified atom stereocenters. The Labute approximate surface area is 120 Å². The van der Waals surface area contributed by atoms with Gasteiger partial charge in [0.15, 0.2) is 0 Å². The van der Waals surface area contributed by atoms with Gasteiger partial charge in [-0.15, -0.1) is 0 Å². The Balaban J connectivity index is 1.65. The predicted molar refractivity (Wildman–Crippen MR) is 82.9 cm³/mol. The summed E-state index contributed by atoms with van der Waals surface area (Å²) in [5, 5.41) is 3.64. The van der Waals surface area contributed by atoms with Crippen LogP contribution in [0, 0.1) is 0 Å². The first-order chi connectivity index (χ1) is 9.72. The third-order valence-corrected chi connectivity index (χ3v) is 4.10. The number of nitrogens with zero attached hydrogens (tertiary/aromatic N) is 3. The van der Waals surface area contributed by atoms with Gasteiger partial charge in [0.25, 0.3) is 0 Å². The molecule has 4 heteroatoms. The molecule has 1 aromatic heterocycles. The van der Waals surface area contributed by atoms with Crippen LogP contribution in [0.15, 0.2) is 30.6 Å². The Hall–Kier alpha value is -1.68. The highest BCUT2D eigenvalue weighted by molar-refractivity contribution is 5.78. The van der Waals surface area contributed by atoms with Gasteiger partial charge in [-0.3, -0.25) is 9.97 Å². The second-order valence-corrected chi connectivity index (χ2v) is 5.81. The van der Waals surface area contributed by atoms with Gasteiger partial charge in [-0.05, 0) is 44.9 Å². The van der Waals surface area contributed by atoms with E-state index in [-0.39, 0.29) is 0 Å². The minimum absolute atomic E-state index is 0.569. The van der Waals surface area contributed by atoms with Crippen molar-refractivity contribution in [2.75, 3.05) is 18.4 Å². The number of nitrogens with one attached hydrogen (secondary N) is 1. The molecule has 0 bridgehead atoms. The van der Waals surface area contributed by atoms with Crippen molar-refractivity contribution in [3.8, 4) is 0 Å². The number of hydrogen-bond acceptors (Lipinski definition) is 4. The van der Waals surface area contributed by atoms with E-state index in [1.807, 2.05) is 6.07 Å². The van der Waals surface area contributed by atoms with Gasteiger partial charge in [-0.2, -0.15) is 0 Å². The second kappa shape index (κ2) is 5.75. The third kappa shape index (κ3) is 2.90. The molecule has 1 aliphatic heterocycles. The van der Waals surface area contributed by atoms with E-state index in [4.69, 9.17) is 0 Å². The quantitative estimate of drug-likeness (QED) is 0.931. The molecule has 0 saturated carbocycles. The average Bonchev–Trinajstić information content (AvgIpc) is 2.48. The number of piperidine rings is 1. The van der Waals surface area contributed by atoms with Crippen molar-refractivity contribution in [2.24, 2.45) is 0 Å². The van der Waals surface area contributed by atoms with E-state index in [0.29, 0.717) is 12.1 Å². The summed E-state index contributed by atoms with van der Waals surface area (Å²) in [5.41, 5.74) is 3.06. The molecular formula is C16H22N4. The van der Waals surface area contributed by atoms with Crippen molar-refractivity contribution in [1.82, 2.24) is 14.9 Å². The van der Waals surface area contributed by atoms with Crippen molar-refractivity contribution in [3.05, 3.63) is 30.6 Å². The van der Waals surface area contributed by atoms with Gasteiger partial charge in [-0.1, -0.05) is 0 Å². The molecule has 1 aliphatic rings. The minimum atomic E-state index is 0.569. The number of aromatic nitrogens is 2. The number of anilines is 1. The molecule has 0 radical (unpaired) electrons. The van der Waals surface area contributed by atoms with Crippen LogP contribution in [0.5, 0.6) is 0 Å². The van der Waals surface area contributed by atoms with Gasteiger partial charge < -0.3 is 10.2 Å². The van der Waals surface area contributed by atoms with E-state index < -0.39 is 0 Å². The first-order valence-corrected chi connectivity index (χ1v) is 7.44. The first kappa shape index (κ1) is 13.3. The lowest BCUT2D eigenvalue weighted by atomic mass is 10.0. The highest BCUT2D eigenvalue weighted by Crippen LogP contribution is 2.20. The molecule has 1 saturated heterocycles. The summed E-state index contributed by atoms with van der Waals surface area (Å²) in [5.74, 6) is 0. The Bertz CT molecular complexity index is 573. The van der Waals surface area contributed by atoms with E-state index in [1.165, 1.54) is 25.9 Å². The maximum absolute atomic E-state index is 4.36. The molecule has 3 rings (SSSR count). The molecule has 4 nitrogen and oxygen atoms in total. The lowest BCUT2D eigenvalue weighted by Crippen LogP contribution is -2.42. The number of hydrogen-bond donors (Lipinski definition) is 1. The summed E-state index contributed by atoms with van der Waals surface area (Å²) < 4.78 is 0. The summed E-state index contributed by atoms with van der Waals surface area (Å²) in [6, 6.07) is 7.46. The normalized spacial score (nSPS) is 17.8. The van der Waals surface area contributed by atoms with Crippen LogP contribution in [0.4, 0.5) is 5.69 Å². The number of likely N-dealkylation sites (tertiary alicyclic amines) is 1. The molecule has 0 amide bonds. The van der Waals surface area contributed by atoms with Gasteiger partial charge >= 0.3 is 0 Å². The predicted octanol–water partition coefficient (Wildman–Crippen LogP) is 2.91. The largest absolute Gasteiger partial charge is 0.382 e. The van der Waals surface area contributed by atoms with Gasteiger partial charge in [-0.25, -0.2) is 0 Å². The SMILES string of the molecule is CC(C)N1CCC(Nc2ccc3nccnc3c2)CC1. The van der Waals surface area contributed by atoms with Crippen LogP contribution in [0.25, 0.3) is 11.0 Å². The van der Waals surface area contributed by atoms with Crippen molar-refractivity contribution < 1.29 is 0 Å². The van der Waals surface area contributed by atoms with E-state index in [9.17, 15) is 0 Å². The van der Waals surface area contributed by atoms with Crippen LogP contribution < -0.4 is 5.32 Å². The molecule has 0 aliphatic carbocycles. The van der Waals surface area contributed by atoms with E-state index in [1.54, 1.807) is 12.4 Å². The lowest BCUT2D eigenvalue weighted by molar-refractivity contribution is 0.177. The zero-order chi connectivity index (χ0) is 13.9. The number of benzene rings is 1. The van der Waals surface area contributed by atoms with Crippen molar-refractivity contribution >= 4 is 16.7 Å². The minimum Gasteiger partial charge on any atom is -0.382 e. The van der Waals surface area contributed by atoms with E-state index in [0.717, 1.165) is 16.7 Å². The standard InChI is InChI=1S/C16H22N4/c1-12(2)20-9-5-13(6-10-20)19-14-3-4-15-16(11-14)18-8-7-17-15/h3-4,7-8,11-13,19H,5-6,9-10H2,1-2H3. The maximum Gasteiger partial charge on any atom is 0.0907 e. The van der Waals surface area contributed by atoms with Crippen LogP contribution in [-0.4, -0.2) is 40.0 Å². The highest BCUT2D eigenvalue weighted by atomic mass is 15.2. The molecule has 2 aromatic rings. The zero-order valence-electron chi connectivity index (χ0n) is 12.2. The summed E-state index contributed by atoms with van der Waals surface area (Å²) >= 11 is 0. The molecule has 2 heterocycles. The Morgan fingerprint density at radius 3 is 2.50 bits per heavy atom. The second-order valence-electron chi connectivity index (χ2n) is 5.81. The summed E-state index contributed by atoms with van der Waals surface area (Å²) in [6.45, 7) is 6.91. The molecule has 0 spiro atoms. The summed E-state index contributed by atoms with van der Waals surface area (Å²) in [7, 11) is 0. The van der Waals surface area contributed by atoms with Gasteiger partial charge in [0.05, 0.1) is 11.0 Å². The smallest absolute Gasteiger partial charge is 0.0907 e. The fraction of sp³-hybridized carbons (Fsp3) is 0.500. The van der Waals surface area contributed by atoms with Crippen molar-refractivity contribution in [3.63, 3.8) is 0 Å². The average molecular weight is 270 g/mol. The van der Waals surface area contributed by atoms with Gasteiger partial charge in [0.2, 0.25) is 0 Å². The lowest BCUT2D eigenvalue weighted by Gasteiger charge is -2.35. The van der Waals surface area contributed by atoms with Crippen molar-refractivity contribution in [1.29, 1.82) is 0 Å². The van der Waals surface area contributed by atoms with Crippen LogP contribution in [0.2, 0.25) is 0 Å². The third-order valence-electron chi connectivity index (χ3n) is 4.10. The number of rotatable bonds is 3. The number of fused-ring (bicyclic) bond motifs is 1. The van der Waals surface area contributed by atoms with Crippen LogP contribution >= 0.6 is 0 Å². The zero-order valence-corrected chi connectivity index (χ0v) is 12.2. The van der Waals surface area contributed by atoms with E-state index >= 15 is 0 Å². The van der Waals surface area contributed by atoms with Crippen LogP contribution in [0.1, 0.15) is 26.7 Å². The fourth-order valence-electron chi connectivity index (χ4n) is 2.85. The topological polar surface area (TPSA) is 41.0 Å². The van der Waals surface area contributed by atoms with Gasteiger partial charge in [0, 0.05) is 43.3 Å². The first-order valence-electron chi connectivity index (χ1n) is 7.44. The summed E-state index contributed by atoms with van der Waals surface area (Å²) in [4.78, 5) is 11.2. The Morgan fingerprint density at radius 1 is 1.10 bits per heavy atom. The highest BCUT2D eigenvalue weighted by Gasteiger charge is 2.20. The molecule has 20 heavy (non-hydrogen) atoms. The van der Waals surface area contributed by atoms with Crippen molar-refractivity contribution in [2.45, 2.75) is 38.8 Å². The van der Waals surface area contributed by atoms with Crippen LogP contribution in [0.3, 0.4) is 0 Å². The van der Waals surface area contributed by atoms with Gasteiger partial charge in [0.1, 0.15) is 0 Å². The molecule has 0 atom stereocenters. The molecular weight excluding hydrogens is 248 g/mol. The molecule has 1 fully saturated rings. The molecule has 1 N–H and O–H groups in total. The Kier molecular flexibility index (Phi) is 3.83. The molecule has 106 valence electrons. The van der Waals surface area contributed by atoms with E-state index in [2.05, 4.69) is 46.2 Å². The maximum atomic E-state index is 4.36. The Morgan fingerprint density at radius 2 is 1.80 bits per heavy atom. The molecule has 1 aromatic carbocycles. The monoisotopic (exact) mass is 270 g/mol. The summed E-state index contributed by atoms with van der Waals surface area (Å²) in [6.07, 6.45) is 5.89. The fourth-order valence-corrected chi connectivity index (χ4v) is 2.85.